The van der Waals surface area contributed by atoms with Crippen LogP contribution >= 0.6 is 11.8 Å². The zero-order valence-corrected chi connectivity index (χ0v) is 12.4. The number of benzene rings is 1. The zero-order valence-electron chi connectivity index (χ0n) is 11.6. The van der Waals surface area contributed by atoms with E-state index in [-0.39, 0.29) is 0 Å². The summed E-state index contributed by atoms with van der Waals surface area (Å²) in [5.74, 6) is 0. The molecule has 1 aromatic carbocycles. The van der Waals surface area contributed by atoms with E-state index in [0.717, 1.165) is 22.8 Å². The summed E-state index contributed by atoms with van der Waals surface area (Å²) in [5.41, 5.74) is 3.87. The van der Waals surface area contributed by atoms with E-state index in [9.17, 15) is 0 Å². The quantitative estimate of drug-likeness (QED) is 0.399. The van der Waals surface area contributed by atoms with Gasteiger partial charge in [-0.05, 0) is 50.4 Å². The van der Waals surface area contributed by atoms with E-state index in [4.69, 9.17) is 5.26 Å². The minimum Gasteiger partial charge on any atom is -0.271 e. The highest BCUT2D eigenvalue weighted by atomic mass is 32.2. The highest BCUT2D eigenvalue weighted by Crippen LogP contribution is 2.18. The number of thioether (sulfide) groups is 1. The number of amidine groups is 1. The SMILES string of the molecule is CSC(=Nc1ccc(-n2nc(C)cc2C)cc1)NC#N. The Morgan fingerprint density at radius 1 is 1.35 bits per heavy atom. The minimum atomic E-state index is 0.575. The molecule has 2 aromatic rings. The molecule has 0 bridgehead atoms. The number of hydrogen-bond acceptors (Lipinski definition) is 4. The first kappa shape index (κ1) is 14.2. The molecule has 6 heteroatoms. The van der Waals surface area contributed by atoms with Gasteiger partial charge in [0.2, 0.25) is 0 Å². The number of aryl methyl sites for hydroxylation is 2. The fraction of sp³-hybridized carbons (Fsp3) is 0.214. The molecule has 1 N–H and O–H groups in total. The second kappa shape index (κ2) is 6.26. The fourth-order valence-electron chi connectivity index (χ4n) is 1.85. The van der Waals surface area contributed by atoms with E-state index in [0.29, 0.717) is 5.17 Å². The lowest BCUT2D eigenvalue weighted by atomic mass is 10.3. The molecule has 20 heavy (non-hydrogen) atoms. The highest BCUT2D eigenvalue weighted by Gasteiger charge is 2.03. The van der Waals surface area contributed by atoms with E-state index >= 15 is 0 Å². The molecule has 0 spiro atoms. The van der Waals surface area contributed by atoms with Crippen LogP contribution < -0.4 is 5.32 Å². The lowest BCUT2D eigenvalue weighted by molar-refractivity contribution is 0.834. The maximum atomic E-state index is 8.60. The van der Waals surface area contributed by atoms with Crippen molar-refractivity contribution in [2.45, 2.75) is 13.8 Å². The number of hydrogen-bond donors (Lipinski definition) is 1. The van der Waals surface area contributed by atoms with Crippen LogP contribution in [0, 0.1) is 25.3 Å². The van der Waals surface area contributed by atoms with Gasteiger partial charge in [-0.1, -0.05) is 11.8 Å². The summed E-state index contributed by atoms with van der Waals surface area (Å²) in [7, 11) is 0. The van der Waals surface area contributed by atoms with Crippen molar-refractivity contribution in [3.63, 3.8) is 0 Å². The number of aliphatic imine (C=N–C) groups is 1. The average molecular weight is 285 g/mol. The Morgan fingerprint density at radius 2 is 2.05 bits per heavy atom. The second-order valence-electron chi connectivity index (χ2n) is 4.21. The van der Waals surface area contributed by atoms with E-state index < -0.39 is 0 Å². The van der Waals surface area contributed by atoms with E-state index in [2.05, 4.69) is 15.4 Å². The van der Waals surface area contributed by atoms with Gasteiger partial charge in [-0.2, -0.15) is 10.4 Å². The molecule has 1 aromatic heterocycles. The van der Waals surface area contributed by atoms with Crippen LogP contribution in [-0.4, -0.2) is 21.2 Å². The van der Waals surface area contributed by atoms with Gasteiger partial charge in [0.25, 0.3) is 0 Å². The first-order valence-electron chi connectivity index (χ1n) is 6.05. The van der Waals surface area contributed by atoms with Crippen LogP contribution in [0.2, 0.25) is 0 Å². The maximum absolute atomic E-state index is 8.60. The van der Waals surface area contributed by atoms with Crippen molar-refractivity contribution in [3.8, 4) is 11.9 Å². The molecule has 102 valence electrons. The molecular weight excluding hydrogens is 270 g/mol. The van der Waals surface area contributed by atoms with Crippen molar-refractivity contribution in [1.29, 1.82) is 5.26 Å². The standard InChI is InChI=1S/C14H15N5S/c1-10-8-11(2)19(18-10)13-6-4-12(5-7-13)17-14(20-3)16-9-15/h4-8H,1-3H3,(H,16,17). The third kappa shape index (κ3) is 3.19. The van der Waals surface area contributed by atoms with Gasteiger partial charge in [-0.25, -0.2) is 9.67 Å². The van der Waals surface area contributed by atoms with Crippen LogP contribution in [0.15, 0.2) is 35.3 Å². The van der Waals surface area contributed by atoms with Crippen LogP contribution in [0.4, 0.5) is 5.69 Å². The molecule has 0 amide bonds. The number of nitrogens with zero attached hydrogens (tertiary/aromatic N) is 4. The topological polar surface area (TPSA) is 66.0 Å². The van der Waals surface area contributed by atoms with Crippen molar-refractivity contribution >= 4 is 22.6 Å². The van der Waals surface area contributed by atoms with Crippen molar-refractivity contribution < 1.29 is 0 Å². The van der Waals surface area contributed by atoms with Gasteiger partial charge in [0.05, 0.1) is 17.1 Å². The van der Waals surface area contributed by atoms with E-state index in [1.807, 2.05) is 61.3 Å². The van der Waals surface area contributed by atoms with Crippen LogP contribution in [0.25, 0.3) is 5.69 Å². The smallest absolute Gasteiger partial charge is 0.183 e. The predicted molar refractivity (Wildman–Crippen MR) is 82.4 cm³/mol. The molecule has 0 radical (unpaired) electrons. The summed E-state index contributed by atoms with van der Waals surface area (Å²) in [6, 6.07) is 9.77. The summed E-state index contributed by atoms with van der Waals surface area (Å²) in [6.07, 6.45) is 3.74. The Kier molecular flexibility index (Phi) is 4.43. The molecule has 1 heterocycles. The van der Waals surface area contributed by atoms with Gasteiger partial charge in [0, 0.05) is 5.69 Å². The molecule has 0 saturated heterocycles. The third-order valence-electron chi connectivity index (χ3n) is 2.69. The van der Waals surface area contributed by atoms with Crippen LogP contribution in [0.1, 0.15) is 11.4 Å². The Bertz CT molecular complexity index is 664. The summed E-state index contributed by atoms with van der Waals surface area (Å²) in [4.78, 5) is 4.35. The van der Waals surface area contributed by atoms with Crippen molar-refractivity contribution in [1.82, 2.24) is 15.1 Å². The fourth-order valence-corrected chi connectivity index (χ4v) is 2.19. The molecule has 2 rings (SSSR count). The lowest BCUT2D eigenvalue weighted by Crippen LogP contribution is -2.12. The van der Waals surface area contributed by atoms with Crippen LogP contribution in [0.5, 0.6) is 0 Å². The maximum Gasteiger partial charge on any atom is 0.183 e. The molecule has 0 aliphatic rings. The zero-order chi connectivity index (χ0) is 14.5. The Morgan fingerprint density at radius 3 is 2.55 bits per heavy atom. The van der Waals surface area contributed by atoms with Gasteiger partial charge in [0.15, 0.2) is 11.4 Å². The largest absolute Gasteiger partial charge is 0.271 e. The van der Waals surface area contributed by atoms with Gasteiger partial charge >= 0.3 is 0 Å². The average Bonchev–Trinajstić information content (AvgIpc) is 2.78. The van der Waals surface area contributed by atoms with Crippen molar-refractivity contribution in [2.75, 3.05) is 6.26 Å². The number of aromatic nitrogens is 2. The summed E-state index contributed by atoms with van der Waals surface area (Å²) in [5, 5.41) is 16.2. The Hall–Kier alpha value is -2.26. The third-order valence-corrected chi connectivity index (χ3v) is 3.27. The van der Waals surface area contributed by atoms with Gasteiger partial charge in [0.1, 0.15) is 0 Å². The highest BCUT2D eigenvalue weighted by molar-refractivity contribution is 8.13. The Labute approximate surface area is 122 Å². The van der Waals surface area contributed by atoms with E-state index in [1.165, 1.54) is 11.8 Å². The molecule has 5 nitrogen and oxygen atoms in total. The molecule has 0 saturated carbocycles. The van der Waals surface area contributed by atoms with Crippen molar-refractivity contribution in [3.05, 3.63) is 41.7 Å². The molecule has 0 unspecified atom stereocenters. The Balaban J connectivity index is 2.27. The van der Waals surface area contributed by atoms with Crippen LogP contribution in [0.3, 0.4) is 0 Å². The van der Waals surface area contributed by atoms with Crippen molar-refractivity contribution in [2.24, 2.45) is 4.99 Å². The normalized spacial score (nSPS) is 11.2. The lowest BCUT2D eigenvalue weighted by Gasteiger charge is -2.05. The first-order chi connectivity index (χ1) is 9.63. The first-order valence-corrected chi connectivity index (χ1v) is 7.28. The summed E-state index contributed by atoms with van der Waals surface area (Å²) in [6.45, 7) is 4.00. The number of nitriles is 1. The molecule has 0 aliphatic heterocycles. The molecular formula is C14H15N5S. The predicted octanol–water partition coefficient (Wildman–Crippen LogP) is 2.91. The van der Waals surface area contributed by atoms with Gasteiger partial charge in [-0.3, -0.25) is 5.32 Å². The summed E-state index contributed by atoms with van der Waals surface area (Å²) >= 11 is 1.39. The van der Waals surface area contributed by atoms with Gasteiger partial charge < -0.3 is 0 Å². The number of rotatable bonds is 2. The second-order valence-corrected chi connectivity index (χ2v) is 5.01. The molecule has 0 fully saturated rings. The molecule has 0 aliphatic carbocycles. The summed E-state index contributed by atoms with van der Waals surface area (Å²) < 4.78 is 1.89. The van der Waals surface area contributed by atoms with Gasteiger partial charge in [-0.15, -0.1) is 0 Å². The minimum absolute atomic E-state index is 0.575. The van der Waals surface area contributed by atoms with E-state index in [1.54, 1.807) is 0 Å². The monoisotopic (exact) mass is 285 g/mol. The molecule has 0 atom stereocenters. The number of nitrogens with one attached hydrogen (secondary N) is 1. The van der Waals surface area contributed by atoms with Crippen LogP contribution in [-0.2, 0) is 0 Å².